The maximum absolute atomic E-state index is 13.0. The quantitative estimate of drug-likeness (QED) is 0.796. The summed E-state index contributed by atoms with van der Waals surface area (Å²) in [6.07, 6.45) is 0.860. The fourth-order valence-electron chi connectivity index (χ4n) is 1.81. The van der Waals surface area contributed by atoms with Gasteiger partial charge in [-0.15, -0.1) is 0 Å². The second-order valence-electron chi connectivity index (χ2n) is 4.25. The van der Waals surface area contributed by atoms with Crippen LogP contribution in [0.2, 0.25) is 0 Å². The summed E-state index contributed by atoms with van der Waals surface area (Å²) in [5, 5.41) is 11.9. The molecule has 0 unspecified atom stereocenters. The van der Waals surface area contributed by atoms with Gasteiger partial charge < -0.3 is 10.4 Å². The summed E-state index contributed by atoms with van der Waals surface area (Å²) >= 11 is 0. The highest BCUT2D eigenvalue weighted by atomic mass is 19.1. The molecule has 16 heavy (non-hydrogen) atoms. The molecule has 2 rings (SSSR count). The van der Waals surface area contributed by atoms with Crippen molar-refractivity contribution in [1.29, 1.82) is 0 Å². The zero-order valence-electron chi connectivity index (χ0n) is 9.03. The minimum Gasteiger partial charge on any atom is -0.393 e. The van der Waals surface area contributed by atoms with E-state index in [2.05, 4.69) is 5.32 Å². The van der Waals surface area contributed by atoms with Crippen LogP contribution in [0.5, 0.6) is 0 Å². The summed E-state index contributed by atoms with van der Waals surface area (Å²) in [6.45, 7) is 1.77. The van der Waals surface area contributed by atoms with Crippen molar-refractivity contribution >= 4 is 5.91 Å². The van der Waals surface area contributed by atoms with Crippen LogP contribution in [-0.2, 0) is 0 Å². The van der Waals surface area contributed by atoms with Crippen molar-refractivity contribution in [1.82, 2.24) is 5.32 Å². The van der Waals surface area contributed by atoms with E-state index < -0.39 is 5.82 Å². The Morgan fingerprint density at radius 1 is 1.50 bits per heavy atom. The number of benzene rings is 1. The van der Waals surface area contributed by atoms with Crippen molar-refractivity contribution in [3.63, 3.8) is 0 Å². The summed E-state index contributed by atoms with van der Waals surface area (Å²) in [5.74, 6) is -0.682. The topological polar surface area (TPSA) is 49.3 Å². The fourth-order valence-corrected chi connectivity index (χ4v) is 1.81. The number of aliphatic hydroxyl groups excluding tert-OH is 1. The van der Waals surface area contributed by atoms with Crippen LogP contribution in [0.3, 0.4) is 0 Å². The van der Waals surface area contributed by atoms with E-state index in [0.29, 0.717) is 18.4 Å². The molecule has 0 heterocycles. The van der Waals surface area contributed by atoms with Crippen LogP contribution in [0, 0.1) is 12.7 Å². The standard InChI is InChI=1S/C12H14FNO2/c1-7-2-3-8(13)4-11(7)12(16)14-9-5-10(15)6-9/h2-4,9-10,15H,5-6H2,1H3,(H,14,16). The molecular formula is C12H14FNO2. The molecule has 1 fully saturated rings. The van der Waals surface area contributed by atoms with Gasteiger partial charge in [-0.3, -0.25) is 4.79 Å². The van der Waals surface area contributed by atoms with E-state index in [4.69, 9.17) is 5.11 Å². The molecule has 4 heteroatoms. The first-order valence-electron chi connectivity index (χ1n) is 5.31. The van der Waals surface area contributed by atoms with E-state index in [9.17, 15) is 9.18 Å². The Morgan fingerprint density at radius 3 is 2.81 bits per heavy atom. The highest BCUT2D eigenvalue weighted by Gasteiger charge is 2.28. The van der Waals surface area contributed by atoms with Gasteiger partial charge in [0.1, 0.15) is 5.82 Å². The molecule has 1 aliphatic carbocycles. The molecule has 0 bridgehead atoms. The van der Waals surface area contributed by atoms with Crippen LogP contribution in [0.1, 0.15) is 28.8 Å². The maximum Gasteiger partial charge on any atom is 0.251 e. The minimum absolute atomic E-state index is 0.0187. The van der Waals surface area contributed by atoms with Gasteiger partial charge in [-0.1, -0.05) is 6.07 Å². The lowest BCUT2D eigenvalue weighted by atomic mass is 9.89. The lowest BCUT2D eigenvalue weighted by Crippen LogP contribution is -2.46. The second kappa shape index (κ2) is 4.22. The molecule has 0 aliphatic heterocycles. The summed E-state index contributed by atoms with van der Waals surface area (Å²) in [6, 6.07) is 4.17. The van der Waals surface area contributed by atoms with Crippen molar-refractivity contribution in [2.75, 3.05) is 0 Å². The number of amides is 1. The average molecular weight is 223 g/mol. The molecule has 86 valence electrons. The molecule has 3 nitrogen and oxygen atoms in total. The number of rotatable bonds is 2. The molecule has 0 spiro atoms. The van der Waals surface area contributed by atoms with Crippen LogP contribution in [0.25, 0.3) is 0 Å². The first-order valence-corrected chi connectivity index (χ1v) is 5.31. The molecular weight excluding hydrogens is 209 g/mol. The van der Waals surface area contributed by atoms with Crippen molar-refractivity contribution in [3.8, 4) is 0 Å². The monoisotopic (exact) mass is 223 g/mol. The van der Waals surface area contributed by atoms with Gasteiger partial charge in [0.25, 0.3) is 5.91 Å². The smallest absolute Gasteiger partial charge is 0.251 e. The van der Waals surface area contributed by atoms with Gasteiger partial charge in [-0.2, -0.15) is 0 Å². The second-order valence-corrected chi connectivity index (χ2v) is 4.25. The van der Waals surface area contributed by atoms with Gasteiger partial charge >= 0.3 is 0 Å². The summed E-state index contributed by atoms with van der Waals surface area (Å²) in [5.41, 5.74) is 1.11. The molecule has 0 radical (unpaired) electrons. The van der Waals surface area contributed by atoms with Gasteiger partial charge in [-0.05, 0) is 37.5 Å². The zero-order chi connectivity index (χ0) is 11.7. The van der Waals surface area contributed by atoms with Crippen molar-refractivity contribution in [3.05, 3.63) is 35.1 Å². The van der Waals surface area contributed by atoms with Gasteiger partial charge in [0.05, 0.1) is 6.10 Å². The maximum atomic E-state index is 13.0. The Kier molecular flexibility index (Phi) is 2.92. The summed E-state index contributed by atoms with van der Waals surface area (Å²) in [7, 11) is 0. The van der Waals surface area contributed by atoms with E-state index in [1.807, 2.05) is 0 Å². The zero-order valence-corrected chi connectivity index (χ0v) is 9.03. The normalized spacial score (nSPS) is 23.7. The van der Waals surface area contributed by atoms with Crippen molar-refractivity contribution in [2.45, 2.75) is 31.9 Å². The number of carbonyl (C=O) groups is 1. The van der Waals surface area contributed by atoms with Crippen LogP contribution in [-0.4, -0.2) is 23.2 Å². The van der Waals surface area contributed by atoms with E-state index in [1.165, 1.54) is 12.1 Å². The predicted molar refractivity (Wildman–Crippen MR) is 57.6 cm³/mol. The van der Waals surface area contributed by atoms with E-state index in [1.54, 1.807) is 13.0 Å². The molecule has 0 atom stereocenters. The summed E-state index contributed by atoms with van der Waals surface area (Å²) < 4.78 is 13.0. The molecule has 1 amide bonds. The van der Waals surface area contributed by atoms with Crippen molar-refractivity contribution in [2.24, 2.45) is 0 Å². The summed E-state index contributed by atoms with van der Waals surface area (Å²) in [4.78, 5) is 11.8. The highest BCUT2D eigenvalue weighted by molar-refractivity contribution is 5.95. The van der Waals surface area contributed by atoms with Crippen LogP contribution >= 0.6 is 0 Å². The Hall–Kier alpha value is -1.42. The van der Waals surface area contributed by atoms with Gasteiger partial charge in [0.2, 0.25) is 0 Å². The SMILES string of the molecule is Cc1ccc(F)cc1C(=O)NC1CC(O)C1. The number of hydrogen-bond donors (Lipinski definition) is 2. The molecule has 1 saturated carbocycles. The van der Waals surface area contributed by atoms with Gasteiger partial charge in [0.15, 0.2) is 0 Å². The molecule has 1 aromatic rings. The number of nitrogens with one attached hydrogen (secondary N) is 1. The van der Waals surface area contributed by atoms with E-state index in [0.717, 1.165) is 5.56 Å². The third-order valence-corrected chi connectivity index (χ3v) is 2.89. The predicted octanol–water partition coefficient (Wildman–Crippen LogP) is 1.39. The Balaban J connectivity index is 2.05. The van der Waals surface area contributed by atoms with Crippen LogP contribution in [0.15, 0.2) is 18.2 Å². The van der Waals surface area contributed by atoms with E-state index >= 15 is 0 Å². The number of aliphatic hydroxyl groups is 1. The number of carbonyl (C=O) groups excluding carboxylic acids is 1. The largest absolute Gasteiger partial charge is 0.393 e. The van der Waals surface area contributed by atoms with Gasteiger partial charge in [-0.25, -0.2) is 4.39 Å². The van der Waals surface area contributed by atoms with Gasteiger partial charge in [0, 0.05) is 11.6 Å². The third kappa shape index (κ3) is 2.22. The van der Waals surface area contributed by atoms with Crippen LogP contribution < -0.4 is 5.32 Å². The molecule has 1 aromatic carbocycles. The molecule has 0 aromatic heterocycles. The Labute approximate surface area is 93.3 Å². The number of hydrogen-bond acceptors (Lipinski definition) is 2. The molecule has 1 aliphatic rings. The first-order chi connectivity index (χ1) is 7.56. The Morgan fingerprint density at radius 2 is 2.19 bits per heavy atom. The minimum atomic E-state index is -0.413. The number of halogens is 1. The molecule has 2 N–H and O–H groups in total. The fraction of sp³-hybridized carbons (Fsp3) is 0.417. The first kappa shape index (κ1) is 11.1. The molecule has 0 saturated heterocycles. The van der Waals surface area contributed by atoms with Crippen LogP contribution in [0.4, 0.5) is 4.39 Å². The third-order valence-electron chi connectivity index (χ3n) is 2.89. The lowest BCUT2D eigenvalue weighted by Gasteiger charge is -2.32. The average Bonchev–Trinajstić information content (AvgIpc) is 2.19. The Bertz CT molecular complexity index is 413. The highest BCUT2D eigenvalue weighted by Crippen LogP contribution is 2.20. The van der Waals surface area contributed by atoms with Crippen molar-refractivity contribution < 1.29 is 14.3 Å². The van der Waals surface area contributed by atoms with E-state index in [-0.39, 0.29) is 18.1 Å². The number of aryl methyl sites for hydroxylation is 1. The lowest BCUT2D eigenvalue weighted by molar-refractivity contribution is 0.0562.